The van der Waals surface area contributed by atoms with E-state index < -0.39 is 11.4 Å². The molecule has 4 fully saturated rings. The van der Waals surface area contributed by atoms with E-state index in [4.69, 9.17) is 9.26 Å². The number of carbonyl (C=O) groups is 2. The van der Waals surface area contributed by atoms with Crippen molar-refractivity contribution in [3.05, 3.63) is 11.7 Å². The molecule has 0 aromatic carbocycles. The minimum atomic E-state index is -0.766. The van der Waals surface area contributed by atoms with E-state index in [0.717, 1.165) is 44.3 Å². The predicted octanol–water partition coefficient (Wildman–Crippen LogP) is 2.06. The molecule has 0 bridgehead atoms. The highest BCUT2D eigenvalue weighted by molar-refractivity contribution is 5.80. The summed E-state index contributed by atoms with van der Waals surface area (Å²) in [5, 5.41) is 16.6. The Bertz CT molecular complexity index is 778. The fourth-order valence-corrected chi connectivity index (χ4v) is 5.03. The summed E-state index contributed by atoms with van der Waals surface area (Å²) in [5.74, 6) is 1.07. The number of hydrogen-bond donors (Lipinski definition) is 2. The zero-order valence-corrected chi connectivity index (χ0v) is 15.8. The van der Waals surface area contributed by atoms with Crippen molar-refractivity contribution in [2.24, 2.45) is 11.3 Å². The lowest BCUT2D eigenvalue weighted by Crippen LogP contribution is -2.43. The molecule has 0 radical (unpaired) electrons. The van der Waals surface area contributed by atoms with Crippen LogP contribution in [-0.2, 0) is 9.53 Å². The molecular weight excluding hydrogens is 364 g/mol. The van der Waals surface area contributed by atoms with E-state index in [1.54, 1.807) is 4.90 Å². The van der Waals surface area contributed by atoms with Gasteiger partial charge in [-0.25, -0.2) is 4.79 Å². The zero-order chi connectivity index (χ0) is 19.3. The SMILES string of the molecule is O=C(NC[C@H]1CC[C@@H](c2nc(C3CC3)no2)O1)N1C[C@@H]2CCC[C@@]2(C(=O)O)C1. The maximum Gasteiger partial charge on any atom is 0.317 e. The van der Waals surface area contributed by atoms with Gasteiger partial charge in [0.15, 0.2) is 5.82 Å². The van der Waals surface area contributed by atoms with E-state index in [2.05, 4.69) is 15.5 Å². The van der Waals surface area contributed by atoms with Gasteiger partial charge < -0.3 is 24.6 Å². The second kappa shape index (κ2) is 6.72. The van der Waals surface area contributed by atoms with Crippen LogP contribution < -0.4 is 5.32 Å². The van der Waals surface area contributed by atoms with Crippen LogP contribution in [0.15, 0.2) is 4.52 Å². The van der Waals surface area contributed by atoms with E-state index >= 15 is 0 Å². The van der Waals surface area contributed by atoms with Crippen LogP contribution in [0.1, 0.15) is 68.7 Å². The van der Waals surface area contributed by atoms with Crippen molar-refractivity contribution in [2.75, 3.05) is 19.6 Å². The van der Waals surface area contributed by atoms with E-state index in [1.165, 1.54) is 0 Å². The Morgan fingerprint density at radius 1 is 1.25 bits per heavy atom. The lowest BCUT2D eigenvalue weighted by atomic mass is 9.81. The number of rotatable bonds is 5. The van der Waals surface area contributed by atoms with Crippen LogP contribution in [0.25, 0.3) is 0 Å². The van der Waals surface area contributed by atoms with E-state index in [0.29, 0.717) is 37.9 Å². The maximum absolute atomic E-state index is 12.6. The molecule has 3 heterocycles. The van der Waals surface area contributed by atoms with Crippen LogP contribution in [0, 0.1) is 11.3 Å². The molecule has 4 atom stereocenters. The first-order valence-corrected chi connectivity index (χ1v) is 10.3. The Kier molecular flexibility index (Phi) is 4.30. The molecule has 2 saturated heterocycles. The Morgan fingerprint density at radius 2 is 2.11 bits per heavy atom. The summed E-state index contributed by atoms with van der Waals surface area (Å²) < 4.78 is 11.3. The molecule has 9 nitrogen and oxygen atoms in total. The number of ether oxygens (including phenoxy) is 1. The van der Waals surface area contributed by atoms with Gasteiger partial charge in [-0.3, -0.25) is 4.79 Å². The third-order valence-electron chi connectivity index (χ3n) is 6.85. The van der Waals surface area contributed by atoms with Gasteiger partial charge in [0, 0.05) is 25.6 Å². The predicted molar refractivity (Wildman–Crippen MR) is 95.5 cm³/mol. The molecule has 4 aliphatic rings. The lowest BCUT2D eigenvalue weighted by Gasteiger charge is -2.23. The number of likely N-dealkylation sites (tertiary alicyclic amines) is 1. The molecule has 9 heteroatoms. The molecule has 0 spiro atoms. The number of carbonyl (C=O) groups excluding carboxylic acids is 1. The number of nitrogens with zero attached hydrogens (tertiary/aromatic N) is 3. The quantitative estimate of drug-likeness (QED) is 0.790. The molecule has 2 saturated carbocycles. The van der Waals surface area contributed by atoms with E-state index in [9.17, 15) is 14.7 Å². The first-order valence-electron chi connectivity index (χ1n) is 10.3. The van der Waals surface area contributed by atoms with Gasteiger partial charge in [0.1, 0.15) is 6.10 Å². The van der Waals surface area contributed by atoms with Gasteiger partial charge in [0.25, 0.3) is 5.89 Å². The zero-order valence-electron chi connectivity index (χ0n) is 15.8. The van der Waals surface area contributed by atoms with Crippen molar-refractivity contribution < 1.29 is 24.0 Å². The summed E-state index contributed by atoms with van der Waals surface area (Å²) in [6, 6.07) is -0.198. The summed E-state index contributed by atoms with van der Waals surface area (Å²) in [4.78, 5) is 30.4. The van der Waals surface area contributed by atoms with Crippen molar-refractivity contribution in [3.63, 3.8) is 0 Å². The standard InChI is InChI=1S/C19H26N4O5/c24-17(25)19-7-1-2-12(19)9-23(10-19)18(26)20-8-13-5-6-14(27-13)16-21-15(22-28-16)11-3-4-11/h11-14H,1-10H2,(H,20,26)(H,24,25)/t12-,13+,14-,19+/m0/s1. The number of urea groups is 1. The van der Waals surface area contributed by atoms with Crippen LogP contribution in [0.5, 0.6) is 0 Å². The third kappa shape index (κ3) is 3.05. The number of aliphatic carboxylic acids is 1. The smallest absolute Gasteiger partial charge is 0.317 e. The van der Waals surface area contributed by atoms with Gasteiger partial charge in [0.2, 0.25) is 0 Å². The highest BCUT2D eigenvalue weighted by Gasteiger charge is 2.55. The second-order valence-corrected chi connectivity index (χ2v) is 8.71. The lowest BCUT2D eigenvalue weighted by molar-refractivity contribution is -0.149. The molecule has 152 valence electrons. The van der Waals surface area contributed by atoms with Crippen LogP contribution in [-0.4, -0.2) is 57.9 Å². The summed E-state index contributed by atoms with van der Waals surface area (Å²) >= 11 is 0. The molecule has 0 unspecified atom stereocenters. The average molecular weight is 390 g/mol. The first-order chi connectivity index (χ1) is 13.5. The van der Waals surface area contributed by atoms with Crippen LogP contribution in [0.2, 0.25) is 0 Å². The van der Waals surface area contributed by atoms with E-state index in [-0.39, 0.29) is 24.2 Å². The second-order valence-electron chi connectivity index (χ2n) is 8.71. The summed E-state index contributed by atoms with van der Waals surface area (Å²) in [7, 11) is 0. The molecule has 1 aromatic heterocycles. The minimum absolute atomic E-state index is 0.0704. The molecule has 2 N–H and O–H groups in total. The van der Waals surface area contributed by atoms with Crippen molar-refractivity contribution in [3.8, 4) is 0 Å². The Labute approximate surface area is 162 Å². The fourth-order valence-electron chi connectivity index (χ4n) is 5.03. The molecule has 5 rings (SSSR count). The molecule has 1 aromatic rings. The summed E-state index contributed by atoms with van der Waals surface area (Å²) in [5.41, 5.74) is -0.747. The van der Waals surface area contributed by atoms with Gasteiger partial charge in [-0.1, -0.05) is 11.6 Å². The Balaban J connectivity index is 1.12. The third-order valence-corrected chi connectivity index (χ3v) is 6.85. The molecule has 2 aliphatic carbocycles. The number of amides is 2. The van der Waals surface area contributed by atoms with Gasteiger partial charge in [0.05, 0.1) is 11.5 Å². The molecule has 2 amide bonds. The Morgan fingerprint density at radius 3 is 2.86 bits per heavy atom. The van der Waals surface area contributed by atoms with Crippen LogP contribution >= 0.6 is 0 Å². The fraction of sp³-hybridized carbons (Fsp3) is 0.789. The number of carboxylic acids is 1. The highest BCUT2D eigenvalue weighted by Crippen LogP contribution is 2.48. The summed E-state index contributed by atoms with van der Waals surface area (Å²) in [6.07, 6.45) is 6.04. The van der Waals surface area contributed by atoms with Gasteiger partial charge >= 0.3 is 12.0 Å². The number of nitrogens with one attached hydrogen (secondary N) is 1. The first kappa shape index (κ1) is 17.9. The number of carboxylic acid groups (broad SMARTS) is 1. The van der Waals surface area contributed by atoms with Gasteiger partial charge in [-0.15, -0.1) is 0 Å². The Hall–Kier alpha value is -2.16. The van der Waals surface area contributed by atoms with Crippen molar-refractivity contribution in [2.45, 2.75) is 63.1 Å². The minimum Gasteiger partial charge on any atom is -0.481 e. The van der Waals surface area contributed by atoms with Crippen molar-refractivity contribution in [1.29, 1.82) is 0 Å². The largest absolute Gasteiger partial charge is 0.481 e. The number of hydrogen-bond acceptors (Lipinski definition) is 6. The number of fused-ring (bicyclic) bond motifs is 1. The van der Waals surface area contributed by atoms with E-state index in [1.807, 2.05) is 0 Å². The van der Waals surface area contributed by atoms with Gasteiger partial charge in [-0.05, 0) is 44.4 Å². The summed E-state index contributed by atoms with van der Waals surface area (Å²) in [6.45, 7) is 1.23. The topological polar surface area (TPSA) is 118 Å². The number of aromatic nitrogens is 2. The molecule has 28 heavy (non-hydrogen) atoms. The highest BCUT2D eigenvalue weighted by atomic mass is 16.5. The maximum atomic E-state index is 12.6. The molecule has 2 aliphatic heterocycles. The monoisotopic (exact) mass is 390 g/mol. The molecular formula is C19H26N4O5. The van der Waals surface area contributed by atoms with Crippen LogP contribution in [0.3, 0.4) is 0 Å². The van der Waals surface area contributed by atoms with Crippen molar-refractivity contribution in [1.82, 2.24) is 20.4 Å². The van der Waals surface area contributed by atoms with Crippen molar-refractivity contribution >= 4 is 12.0 Å². The van der Waals surface area contributed by atoms with Crippen LogP contribution in [0.4, 0.5) is 4.79 Å². The average Bonchev–Trinajstić information content (AvgIpc) is 3.10. The normalized spacial score (nSPS) is 34.6. The van der Waals surface area contributed by atoms with Gasteiger partial charge in [-0.2, -0.15) is 4.98 Å².